The number of pyridine rings is 1. The summed E-state index contributed by atoms with van der Waals surface area (Å²) in [5.74, 6) is -1.29. The van der Waals surface area contributed by atoms with E-state index in [1.54, 1.807) is 0 Å². The number of nitrogens with zero attached hydrogens (tertiary/aromatic N) is 1. The van der Waals surface area contributed by atoms with Gasteiger partial charge in [-0.05, 0) is 36.1 Å². The second-order valence-corrected chi connectivity index (χ2v) is 8.13. The average Bonchev–Trinajstić information content (AvgIpc) is 2.67. The van der Waals surface area contributed by atoms with Crippen molar-refractivity contribution in [3.8, 4) is 0 Å². The monoisotopic (exact) mass is 377 g/mol. The summed E-state index contributed by atoms with van der Waals surface area (Å²) >= 11 is 0. The first-order valence-corrected chi connectivity index (χ1v) is 9.74. The van der Waals surface area contributed by atoms with Crippen LogP contribution < -0.4 is 0 Å². The summed E-state index contributed by atoms with van der Waals surface area (Å²) in [5.41, 5.74) is 1.08. The number of carbonyl (C=O) groups is 1. The molecule has 0 aliphatic carbocycles. The Morgan fingerprint density at radius 2 is 1.63 bits per heavy atom. The van der Waals surface area contributed by atoms with Crippen molar-refractivity contribution in [1.29, 1.82) is 0 Å². The van der Waals surface area contributed by atoms with Crippen molar-refractivity contribution >= 4 is 37.5 Å². The van der Waals surface area contributed by atoms with Crippen LogP contribution in [0.3, 0.4) is 0 Å². The molecule has 4 aromatic rings. The molecule has 3 aromatic carbocycles. The molecule has 0 fully saturated rings. The van der Waals surface area contributed by atoms with Crippen LogP contribution in [0.5, 0.6) is 0 Å². The van der Waals surface area contributed by atoms with Crippen molar-refractivity contribution in [2.45, 2.75) is 16.8 Å². The molecule has 0 spiro atoms. The lowest BCUT2D eigenvalue weighted by atomic mass is 10.0. The number of aromatic nitrogens is 1. The summed E-state index contributed by atoms with van der Waals surface area (Å²) in [7, 11) is -4.09. The van der Waals surface area contributed by atoms with E-state index in [4.69, 9.17) is 0 Å². The topological polar surface area (TPSA) is 84.3 Å². The Morgan fingerprint density at radius 3 is 2.41 bits per heavy atom. The maximum absolute atomic E-state index is 13.2. The van der Waals surface area contributed by atoms with E-state index >= 15 is 0 Å². The highest BCUT2D eigenvalue weighted by molar-refractivity contribution is 7.91. The number of sulfone groups is 1. The Bertz CT molecular complexity index is 1330. The van der Waals surface area contributed by atoms with Gasteiger partial charge in [-0.2, -0.15) is 0 Å². The quantitative estimate of drug-likeness (QED) is 0.540. The third kappa shape index (κ3) is 2.74. The maximum Gasteiger partial charge on any atom is 0.337 e. The summed E-state index contributed by atoms with van der Waals surface area (Å²) in [6, 6.07) is 18.6. The minimum absolute atomic E-state index is 0.155. The molecule has 0 bridgehead atoms. The van der Waals surface area contributed by atoms with Gasteiger partial charge in [-0.1, -0.05) is 48.5 Å². The van der Waals surface area contributed by atoms with E-state index in [-0.39, 0.29) is 15.5 Å². The number of hydrogen-bond acceptors (Lipinski definition) is 4. The fraction of sp³-hybridized carbons (Fsp3) is 0.0476. The Morgan fingerprint density at radius 1 is 0.926 bits per heavy atom. The van der Waals surface area contributed by atoms with Crippen LogP contribution in [0.4, 0.5) is 0 Å². The lowest BCUT2D eigenvalue weighted by Gasteiger charge is -2.11. The molecule has 1 N–H and O–H groups in total. The van der Waals surface area contributed by atoms with Gasteiger partial charge < -0.3 is 5.11 Å². The first-order chi connectivity index (χ1) is 12.9. The third-order valence-electron chi connectivity index (χ3n) is 4.57. The van der Waals surface area contributed by atoms with Crippen LogP contribution in [0, 0.1) is 6.92 Å². The van der Waals surface area contributed by atoms with Gasteiger partial charge in [-0.25, -0.2) is 18.2 Å². The Balaban J connectivity index is 2.05. The fourth-order valence-electron chi connectivity index (χ4n) is 3.23. The molecule has 0 aliphatic heterocycles. The summed E-state index contributed by atoms with van der Waals surface area (Å²) in [4.78, 5) is 15.6. The zero-order chi connectivity index (χ0) is 19.2. The van der Waals surface area contributed by atoms with E-state index in [1.165, 1.54) is 30.3 Å². The largest absolute Gasteiger partial charge is 0.478 e. The Labute approximate surface area is 155 Å². The predicted molar refractivity (Wildman–Crippen MR) is 103 cm³/mol. The molecule has 1 heterocycles. The summed E-state index contributed by atoms with van der Waals surface area (Å²) in [5, 5.41) is 11.9. The van der Waals surface area contributed by atoms with E-state index in [1.807, 2.05) is 43.3 Å². The summed E-state index contributed by atoms with van der Waals surface area (Å²) < 4.78 is 26.3. The van der Waals surface area contributed by atoms with Gasteiger partial charge in [-0.15, -0.1) is 0 Å². The standard InChI is InChI=1S/C21H15NO4S/c1-13-12-19(27(25,26)18-9-5-4-8-17(18)21(23)24)22-20-15(13)11-10-14-6-2-3-7-16(14)20/h2-12H,1H3,(H,23,24). The molecule has 0 saturated carbocycles. The number of carboxylic acid groups (broad SMARTS) is 1. The molecule has 0 atom stereocenters. The van der Waals surface area contributed by atoms with Crippen LogP contribution >= 0.6 is 0 Å². The molecule has 0 aliphatic rings. The first-order valence-electron chi connectivity index (χ1n) is 8.26. The van der Waals surface area contributed by atoms with Gasteiger partial charge in [0.15, 0.2) is 5.03 Å². The van der Waals surface area contributed by atoms with Crippen LogP contribution in [-0.4, -0.2) is 24.5 Å². The Hall–Kier alpha value is -3.25. The molecule has 0 amide bonds. The highest BCUT2D eigenvalue weighted by Crippen LogP contribution is 2.30. The molecule has 0 unspecified atom stereocenters. The van der Waals surface area contributed by atoms with Crippen molar-refractivity contribution in [3.63, 3.8) is 0 Å². The van der Waals surface area contributed by atoms with Crippen LogP contribution in [0.15, 0.2) is 76.7 Å². The molecule has 1 aromatic heterocycles. The molecule has 0 saturated heterocycles. The van der Waals surface area contributed by atoms with Crippen molar-refractivity contribution in [2.75, 3.05) is 0 Å². The average molecular weight is 377 g/mol. The number of carboxylic acids is 1. The van der Waals surface area contributed by atoms with Crippen LogP contribution in [0.1, 0.15) is 15.9 Å². The number of hydrogen-bond donors (Lipinski definition) is 1. The second-order valence-electron chi connectivity index (χ2n) is 6.27. The molecule has 6 heteroatoms. The predicted octanol–water partition coefficient (Wildman–Crippen LogP) is 4.23. The van der Waals surface area contributed by atoms with Crippen LogP contribution in [-0.2, 0) is 9.84 Å². The lowest BCUT2D eigenvalue weighted by Crippen LogP contribution is -2.11. The zero-order valence-corrected chi connectivity index (χ0v) is 15.2. The summed E-state index contributed by atoms with van der Waals surface area (Å²) in [6.45, 7) is 1.82. The zero-order valence-electron chi connectivity index (χ0n) is 14.4. The maximum atomic E-state index is 13.2. The van der Waals surface area contributed by atoms with Crippen LogP contribution in [0.25, 0.3) is 21.7 Å². The van der Waals surface area contributed by atoms with E-state index in [0.717, 1.165) is 21.7 Å². The normalized spacial score (nSPS) is 11.7. The molecular weight excluding hydrogens is 362 g/mol. The van der Waals surface area contributed by atoms with Crippen LogP contribution in [0.2, 0.25) is 0 Å². The van der Waals surface area contributed by atoms with Gasteiger partial charge in [0.25, 0.3) is 0 Å². The van der Waals surface area contributed by atoms with E-state index in [2.05, 4.69) is 4.98 Å². The summed E-state index contributed by atoms with van der Waals surface area (Å²) in [6.07, 6.45) is 0. The van der Waals surface area contributed by atoms with Crippen molar-refractivity contribution in [3.05, 3.63) is 77.9 Å². The van der Waals surface area contributed by atoms with Gasteiger partial charge in [0.05, 0.1) is 16.0 Å². The van der Waals surface area contributed by atoms with Crippen molar-refractivity contribution in [1.82, 2.24) is 4.98 Å². The molecule has 4 rings (SSSR count). The van der Waals surface area contributed by atoms with E-state index in [0.29, 0.717) is 5.52 Å². The number of aromatic carboxylic acids is 1. The lowest BCUT2D eigenvalue weighted by molar-refractivity contribution is 0.0692. The second kappa shape index (κ2) is 6.17. The molecule has 0 radical (unpaired) electrons. The van der Waals surface area contributed by atoms with E-state index < -0.39 is 15.8 Å². The Kier molecular flexibility index (Phi) is 3.93. The van der Waals surface area contributed by atoms with Gasteiger partial charge in [0.1, 0.15) is 0 Å². The molecule has 5 nitrogen and oxygen atoms in total. The van der Waals surface area contributed by atoms with Gasteiger partial charge in [-0.3, -0.25) is 0 Å². The minimum atomic E-state index is -4.09. The number of benzene rings is 3. The van der Waals surface area contributed by atoms with E-state index in [9.17, 15) is 18.3 Å². The smallest absolute Gasteiger partial charge is 0.337 e. The van der Waals surface area contributed by atoms with Crippen molar-refractivity contribution in [2.24, 2.45) is 0 Å². The SMILES string of the molecule is Cc1cc(S(=O)(=O)c2ccccc2C(=O)O)nc2c1ccc1ccccc12. The third-order valence-corrected chi connectivity index (χ3v) is 6.26. The molecule has 27 heavy (non-hydrogen) atoms. The van der Waals surface area contributed by atoms with Crippen molar-refractivity contribution < 1.29 is 18.3 Å². The van der Waals surface area contributed by atoms with Gasteiger partial charge in [0, 0.05) is 10.8 Å². The highest BCUT2D eigenvalue weighted by atomic mass is 32.2. The number of fused-ring (bicyclic) bond motifs is 3. The minimum Gasteiger partial charge on any atom is -0.478 e. The molecule has 134 valence electrons. The number of rotatable bonds is 3. The fourth-order valence-corrected chi connectivity index (χ4v) is 4.70. The first kappa shape index (κ1) is 17.2. The molecular formula is C21H15NO4S. The number of aryl methyl sites for hydroxylation is 1. The highest BCUT2D eigenvalue weighted by Gasteiger charge is 2.26. The van der Waals surface area contributed by atoms with Gasteiger partial charge in [0.2, 0.25) is 9.84 Å². The van der Waals surface area contributed by atoms with Gasteiger partial charge >= 0.3 is 5.97 Å².